The molecule has 1 heterocycles. The summed E-state index contributed by atoms with van der Waals surface area (Å²) in [7, 11) is 0. The van der Waals surface area contributed by atoms with Gasteiger partial charge in [0.1, 0.15) is 17.1 Å². The van der Waals surface area contributed by atoms with Crippen molar-refractivity contribution in [3.05, 3.63) is 50.3 Å². The second kappa shape index (κ2) is 8.33. The summed E-state index contributed by atoms with van der Waals surface area (Å²) in [6, 6.07) is 8.01. The highest BCUT2D eigenvalue weighted by Gasteiger charge is 2.17. The molecule has 0 amide bonds. The van der Waals surface area contributed by atoms with Crippen LogP contribution in [0.1, 0.15) is 24.8 Å². The predicted octanol–water partition coefficient (Wildman–Crippen LogP) is 0.702. The zero-order valence-electron chi connectivity index (χ0n) is 14.7. The average Bonchev–Trinajstić information content (AvgIpc) is 2.66. The molecule has 4 N–H and O–H groups in total. The van der Waals surface area contributed by atoms with Gasteiger partial charge in [0, 0.05) is 26.2 Å². The maximum absolute atomic E-state index is 11.3. The van der Waals surface area contributed by atoms with Crippen molar-refractivity contribution in [3.63, 3.8) is 0 Å². The Bertz CT molecular complexity index is 805. The van der Waals surface area contributed by atoms with Crippen LogP contribution in [-0.2, 0) is 6.54 Å². The Morgan fingerprint density at radius 2 is 2.00 bits per heavy atom. The number of hydrogen-bond acceptors (Lipinski definition) is 7. The lowest BCUT2D eigenvalue weighted by atomic mass is 10.1. The number of aliphatic hydroxyl groups excluding tert-OH is 1. The van der Waals surface area contributed by atoms with E-state index in [1.807, 2.05) is 18.2 Å². The van der Waals surface area contributed by atoms with Crippen LogP contribution in [-0.4, -0.2) is 42.4 Å². The van der Waals surface area contributed by atoms with Gasteiger partial charge in [-0.15, -0.1) is 0 Å². The maximum Gasteiger partial charge on any atom is 0.253 e. The van der Waals surface area contributed by atoms with E-state index in [0.29, 0.717) is 19.6 Å². The molecule has 0 radical (unpaired) electrons. The first kappa shape index (κ1) is 18.4. The highest BCUT2D eigenvalue weighted by molar-refractivity contribution is 5.71. The second-order valence-corrected chi connectivity index (χ2v) is 6.73. The van der Waals surface area contributed by atoms with Crippen molar-refractivity contribution in [3.8, 4) is 5.75 Å². The third-order valence-electron chi connectivity index (χ3n) is 4.70. The van der Waals surface area contributed by atoms with Crippen molar-refractivity contribution in [1.82, 2.24) is 4.90 Å². The minimum Gasteiger partial charge on any atom is -0.494 e. The number of nitrogens with one attached hydrogen (secondary N) is 1. The van der Waals surface area contributed by atoms with E-state index in [2.05, 4.69) is 16.3 Å². The molecule has 0 unspecified atom stereocenters. The standard InChI is InChI=1S/C19H25N3O4/c20-16-17(19(25)18(16)24)21-7-2-10-26-15-4-1-3-13(11-15)12-22-8-5-14(23)6-9-22/h1,3-4,11,14,21,23H,2,5-10,12,20H2. The van der Waals surface area contributed by atoms with Gasteiger partial charge in [-0.25, -0.2) is 0 Å². The van der Waals surface area contributed by atoms with Crippen molar-refractivity contribution in [2.45, 2.75) is 31.9 Å². The van der Waals surface area contributed by atoms with Gasteiger partial charge < -0.3 is 20.9 Å². The molecule has 26 heavy (non-hydrogen) atoms. The van der Waals surface area contributed by atoms with Crippen molar-refractivity contribution in [2.24, 2.45) is 0 Å². The Hall–Kier alpha value is -2.38. The normalized spacial score (nSPS) is 16.0. The molecule has 140 valence electrons. The number of piperidine rings is 1. The maximum atomic E-state index is 11.3. The molecule has 0 atom stereocenters. The van der Waals surface area contributed by atoms with Crippen molar-refractivity contribution in [1.29, 1.82) is 0 Å². The zero-order valence-corrected chi connectivity index (χ0v) is 14.7. The summed E-state index contributed by atoms with van der Waals surface area (Å²) < 4.78 is 5.76. The van der Waals surface area contributed by atoms with Crippen LogP contribution in [0.15, 0.2) is 33.9 Å². The zero-order chi connectivity index (χ0) is 18.5. The highest BCUT2D eigenvalue weighted by atomic mass is 16.5. The van der Waals surface area contributed by atoms with Gasteiger partial charge in [-0.3, -0.25) is 14.5 Å². The summed E-state index contributed by atoms with van der Waals surface area (Å²) in [6.07, 6.45) is 2.19. The molecule has 7 heteroatoms. The van der Waals surface area contributed by atoms with Crippen LogP contribution < -0.4 is 26.6 Å². The van der Waals surface area contributed by atoms with E-state index in [-0.39, 0.29) is 17.5 Å². The minimum atomic E-state index is -0.608. The molecule has 1 aliphatic rings. The lowest BCUT2D eigenvalue weighted by Crippen LogP contribution is -2.37. The summed E-state index contributed by atoms with van der Waals surface area (Å²) in [6.45, 7) is 3.71. The molecule has 0 aromatic heterocycles. The highest BCUT2D eigenvalue weighted by Crippen LogP contribution is 2.18. The first-order valence-corrected chi connectivity index (χ1v) is 8.99. The lowest BCUT2D eigenvalue weighted by molar-refractivity contribution is 0.0792. The van der Waals surface area contributed by atoms with Crippen LogP contribution in [0.5, 0.6) is 5.75 Å². The number of rotatable bonds is 8. The molecule has 1 saturated heterocycles. The van der Waals surface area contributed by atoms with Gasteiger partial charge in [-0.2, -0.15) is 0 Å². The number of likely N-dealkylation sites (tertiary alicyclic amines) is 1. The Labute approximate surface area is 152 Å². The van der Waals surface area contributed by atoms with Crippen LogP contribution in [0.2, 0.25) is 0 Å². The summed E-state index contributed by atoms with van der Waals surface area (Å²) in [5.41, 5.74) is 5.75. The molecule has 3 rings (SSSR count). The van der Waals surface area contributed by atoms with Crippen molar-refractivity contribution in [2.75, 3.05) is 37.3 Å². The van der Waals surface area contributed by atoms with Crippen LogP contribution in [0.4, 0.5) is 11.4 Å². The summed E-state index contributed by atoms with van der Waals surface area (Å²) in [4.78, 5) is 24.6. The SMILES string of the molecule is Nc1c(NCCCOc2cccc(CN3CCC(O)CC3)c2)c(=O)c1=O. The molecular weight excluding hydrogens is 334 g/mol. The molecule has 0 bridgehead atoms. The topological polar surface area (TPSA) is 105 Å². The fraction of sp³-hybridized carbons (Fsp3) is 0.474. The summed E-state index contributed by atoms with van der Waals surface area (Å²) in [5.74, 6) is 0.813. The van der Waals surface area contributed by atoms with Crippen LogP contribution in [0, 0.1) is 0 Å². The summed E-state index contributed by atoms with van der Waals surface area (Å²) in [5, 5.41) is 12.5. The number of hydrogen-bond donors (Lipinski definition) is 3. The molecule has 0 aliphatic carbocycles. The largest absolute Gasteiger partial charge is 0.494 e. The van der Waals surface area contributed by atoms with Gasteiger partial charge in [-0.05, 0) is 37.0 Å². The van der Waals surface area contributed by atoms with E-state index in [0.717, 1.165) is 38.2 Å². The number of nitrogens with zero attached hydrogens (tertiary/aromatic N) is 1. The van der Waals surface area contributed by atoms with Gasteiger partial charge in [0.05, 0.1) is 12.7 Å². The molecule has 1 fully saturated rings. The summed E-state index contributed by atoms with van der Waals surface area (Å²) >= 11 is 0. The first-order chi connectivity index (χ1) is 12.5. The number of nitrogen functional groups attached to an aromatic ring is 1. The molecule has 1 aliphatic heterocycles. The van der Waals surface area contributed by atoms with E-state index in [9.17, 15) is 14.7 Å². The quantitative estimate of drug-likeness (QED) is 0.471. The van der Waals surface area contributed by atoms with E-state index in [1.165, 1.54) is 5.56 Å². The lowest BCUT2D eigenvalue weighted by Gasteiger charge is -2.29. The van der Waals surface area contributed by atoms with E-state index in [4.69, 9.17) is 10.5 Å². The van der Waals surface area contributed by atoms with Crippen molar-refractivity contribution < 1.29 is 9.84 Å². The first-order valence-electron chi connectivity index (χ1n) is 8.99. The van der Waals surface area contributed by atoms with E-state index < -0.39 is 10.9 Å². The monoisotopic (exact) mass is 359 g/mol. The number of aliphatic hydroxyl groups is 1. The van der Waals surface area contributed by atoms with Gasteiger partial charge in [0.25, 0.3) is 10.9 Å². The number of benzene rings is 1. The Balaban J connectivity index is 1.40. The number of anilines is 2. The van der Waals surface area contributed by atoms with E-state index >= 15 is 0 Å². The van der Waals surface area contributed by atoms with Crippen LogP contribution in [0.3, 0.4) is 0 Å². The molecule has 7 nitrogen and oxygen atoms in total. The number of ether oxygens (including phenoxy) is 1. The fourth-order valence-corrected chi connectivity index (χ4v) is 3.13. The number of nitrogens with two attached hydrogens (primary N) is 1. The Morgan fingerprint density at radius 3 is 2.73 bits per heavy atom. The van der Waals surface area contributed by atoms with Crippen molar-refractivity contribution >= 4 is 11.4 Å². The Morgan fingerprint density at radius 1 is 1.23 bits per heavy atom. The van der Waals surface area contributed by atoms with Gasteiger partial charge in [0.15, 0.2) is 0 Å². The third kappa shape index (κ3) is 4.42. The van der Waals surface area contributed by atoms with Crippen LogP contribution in [0.25, 0.3) is 0 Å². The van der Waals surface area contributed by atoms with Crippen LogP contribution >= 0.6 is 0 Å². The average molecular weight is 359 g/mol. The second-order valence-electron chi connectivity index (χ2n) is 6.73. The smallest absolute Gasteiger partial charge is 0.253 e. The van der Waals surface area contributed by atoms with Gasteiger partial charge in [-0.1, -0.05) is 12.1 Å². The Kier molecular flexibility index (Phi) is 5.90. The third-order valence-corrected chi connectivity index (χ3v) is 4.70. The molecular formula is C19H25N3O4. The molecule has 0 spiro atoms. The van der Waals surface area contributed by atoms with E-state index in [1.54, 1.807) is 0 Å². The molecule has 2 aromatic rings. The molecule has 0 saturated carbocycles. The predicted molar refractivity (Wildman–Crippen MR) is 101 cm³/mol. The molecule has 2 aromatic carbocycles. The van der Waals surface area contributed by atoms with Gasteiger partial charge >= 0.3 is 0 Å². The van der Waals surface area contributed by atoms with Gasteiger partial charge in [0.2, 0.25) is 0 Å². The minimum absolute atomic E-state index is 0.0221. The fourth-order valence-electron chi connectivity index (χ4n) is 3.13.